The van der Waals surface area contributed by atoms with Gasteiger partial charge in [0.05, 0.1) is 5.69 Å². The number of carbonyl (C=O) groups excluding carboxylic acids is 1. The van der Waals surface area contributed by atoms with Gasteiger partial charge in [0, 0.05) is 49.4 Å². The number of fused-ring (bicyclic) bond motifs is 1. The molecular weight excluding hydrogens is 503 g/mol. The molecule has 0 saturated carbocycles. The zero-order chi connectivity index (χ0) is 26.3. The molecule has 1 fully saturated rings. The number of piperazine rings is 1. The SMILES string of the molecule is Cc1ccc(-c2cc(C(F)(F)F)n3nc(C(=O)N4CCN(Cc5cccc(Cl)c5)CC4)cc3n2)cc1C. The molecule has 0 aliphatic carbocycles. The van der Waals surface area contributed by atoms with Gasteiger partial charge < -0.3 is 4.90 Å². The van der Waals surface area contributed by atoms with E-state index in [0.717, 1.165) is 22.8 Å². The van der Waals surface area contributed by atoms with Gasteiger partial charge in [-0.3, -0.25) is 9.69 Å². The summed E-state index contributed by atoms with van der Waals surface area (Å²) in [6.45, 7) is 6.69. The van der Waals surface area contributed by atoms with E-state index in [-0.39, 0.29) is 17.0 Å². The Morgan fingerprint density at radius 3 is 2.41 bits per heavy atom. The highest BCUT2D eigenvalue weighted by Crippen LogP contribution is 2.33. The van der Waals surface area contributed by atoms with E-state index in [2.05, 4.69) is 15.0 Å². The molecule has 0 spiro atoms. The van der Waals surface area contributed by atoms with E-state index in [1.807, 2.05) is 44.2 Å². The van der Waals surface area contributed by atoms with Crippen molar-refractivity contribution in [3.8, 4) is 11.3 Å². The Bertz CT molecular complexity index is 1470. The number of alkyl halides is 3. The summed E-state index contributed by atoms with van der Waals surface area (Å²) in [6, 6.07) is 15.3. The number of halogens is 4. The number of rotatable bonds is 4. The Kier molecular flexibility index (Phi) is 6.68. The van der Waals surface area contributed by atoms with Crippen molar-refractivity contribution in [3.05, 3.63) is 87.7 Å². The van der Waals surface area contributed by atoms with Crippen LogP contribution in [0.1, 0.15) is 32.9 Å². The molecule has 4 aromatic rings. The first kappa shape index (κ1) is 25.2. The predicted molar refractivity (Wildman–Crippen MR) is 136 cm³/mol. The summed E-state index contributed by atoms with van der Waals surface area (Å²) in [5, 5.41) is 4.70. The largest absolute Gasteiger partial charge is 0.433 e. The fourth-order valence-corrected chi connectivity index (χ4v) is 4.71. The second-order valence-corrected chi connectivity index (χ2v) is 9.76. The third-order valence-electron chi connectivity index (χ3n) is 6.69. The highest BCUT2D eigenvalue weighted by Gasteiger charge is 2.36. The second kappa shape index (κ2) is 9.79. The highest BCUT2D eigenvalue weighted by molar-refractivity contribution is 6.30. The normalized spacial score (nSPS) is 14.9. The first-order chi connectivity index (χ1) is 17.6. The lowest BCUT2D eigenvalue weighted by Crippen LogP contribution is -2.48. The molecule has 1 saturated heterocycles. The topological polar surface area (TPSA) is 53.7 Å². The van der Waals surface area contributed by atoms with Crippen molar-refractivity contribution in [2.45, 2.75) is 26.6 Å². The molecule has 0 unspecified atom stereocenters. The summed E-state index contributed by atoms with van der Waals surface area (Å²) in [6.07, 6.45) is -4.67. The number of aromatic nitrogens is 3. The minimum absolute atomic E-state index is 0.0222. The monoisotopic (exact) mass is 527 g/mol. The number of benzene rings is 2. The Morgan fingerprint density at radius 2 is 1.73 bits per heavy atom. The van der Waals surface area contributed by atoms with E-state index in [1.165, 1.54) is 6.07 Å². The van der Waals surface area contributed by atoms with Gasteiger partial charge >= 0.3 is 6.18 Å². The van der Waals surface area contributed by atoms with Crippen LogP contribution >= 0.6 is 11.6 Å². The fraction of sp³-hybridized carbons (Fsp3) is 0.296. The zero-order valence-corrected chi connectivity index (χ0v) is 21.1. The lowest BCUT2D eigenvalue weighted by atomic mass is 10.0. The molecule has 0 atom stereocenters. The summed E-state index contributed by atoms with van der Waals surface area (Å²) < 4.78 is 42.6. The van der Waals surface area contributed by atoms with Gasteiger partial charge in [-0.1, -0.05) is 35.9 Å². The van der Waals surface area contributed by atoms with Crippen molar-refractivity contribution in [2.24, 2.45) is 0 Å². The van der Waals surface area contributed by atoms with Crippen molar-refractivity contribution in [3.63, 3.8) is 0 Å². The lowest BCUT2D eigenvalue weighted by Gasteiger charge is -2.34. The average molecular weight is 528 g/mol. The van der Waals surface area contributed by atoms with E-state index < -0.39 is 17.8 Å². The third kappa shape index (κ3) is 5.33. The van der Waals surface area contributed by atoms with Crippen LogP contribution in [0.25, 0.3) is 16.9 Å². The van der Waals surface area contributed by atoms with Crippen molar-refractivity contribution < 1.29 is 18.0 Å². The number of amides is 1. The standard InChI is InChI=1S/C27H25ClF3N5O/c1-17-6-7-20(12-18(17)2)22-14-24(27(29,30)31)36-25(32-22)15-23(33-36)26(37)35-10-8-34(9-11-35)16-19-4-3-5-21(28)13-19/h3-7,12-15H,8-11,16H2,1-2H3. The third-order valence-corrected chi connectivity index (χ3v) is 6.93. The van der Waals surface area contributed by atoms with E-state index in [9.17, 15) is 18.0 Å². The predicted octanol–water partition coefficient (Wildman–Crippen LogP) is 5.64. The van der Waals surface area contributed by atoms with Crippen LogP contribution in [0.3, 0.4) is 0 Å². The molecule has 1 amide bonds. The Labute approximate surface area is 217 Å². The van der Waals surface area contributed by atoms with Gasteiger partial charge in [-0.25, -0.2) is 9.50 Å². The summed E-state index contributed by atoms with van der Waals surface area (Å²) >= 11 is 6.07. The van der Waals surface area contributed by atoms with Gasteiger partial charge in [-0.15, -0.1) is 0 Å². The maximum absolute atomic E-state index is 14.0. The molecule has 0 N–H and O–H groups in total. The van der Waals surface area contributed by atoms with Crippen LogP contribution in [-0.4, -0.2) is 56.5 Å². The molecule has 2 aromatic heterocycles. The summed E-state index contributed by atoms with van der Waals surface area (Å²) in [5.74, 6) is -0.409. The van der Waals surface area contributed by atoms with Gasteiger partial charge in [0.25, 0.3) is 5.91 Å². The Hall–Kier alpha value is -3.43. The van der Waals surface area contributed by atoms with Gasteiger partial charge in [0.2, 0.25) is 0 Å². The summed E-state index contributed by atoms with van der Waals surface area (Å²) in [4.78, 5) is 21.4. The molecule has 192 valence electrons. The van der Waals surface area contributed by atoms with Gasteiger partial charge in [0.1, 0.15) is 0 Å². The van der Waals surface area contributed by atoms with E-state index in [4.69, 9.17) is 11.6 Å². The van der Waals surface area contributed by atoms with E-state index >= 15 is 0 Å². The first-order valence-electron chi connectivity index (χ1n) is 11.9. The molecular formula is C27H25ClF3N5O. The quantitative estimate of drug-likeness (QED) is 0.344. The first-order valence-corrected chi connectivity index (χ1v) is 12.3. The molecule has 37 heavy (non-hydrogen) atoms. The van der Waals surface area contributed by atoms with Crippen molar-refractivity contribution in [2.75, 3.05) is 26.2 Å². The second-order valence-electron chi connectivity index (χ2n) is 9.32. The molecule has 3 heterocycles. The van der Waals surface area contributed by atoms with Gasteiger partial charge in [-0.05, 0) is 54.8 Å². The molecule has 2 aromatic carbocycles. The van der Waals surface area contributed by atoms with Crippen LogP contribution in [0.5, 0.6) is 0 Å². The van der Waals surface area contributed by atoms with Gasteiger partial charge in [-0.2, -0.15) is 18.3 Å². The minimum Gasteiger partial charge on any atom is -0.335 e. The number of nitrogens with zero attached hydrogens (tertiary/aromatic N) is 5. The molecule has 1 aliphatic heterocycles. The molecule has 5 rings (SSSR count). The van der Waals surface area contributed by atoms with Crippen LogP contribution in [-0.2, 0) is 12.7 Å². The molecule has 1 aliphatic rings. The van der Waals surface area contributed by atoms with E-state index in [0.29, 0.717) is 47.8 Å². The van der Waals surface area contributed by atoms with Crippen LogP contribution in [0.2, 0.25) is 5.02 Å². The summed E-state index contributed by atoms with van der Waals surface area (Å²) in [5.41, 5.74) is 2.76. The number of aryl methyl sites for hydroxylation is 2. The van der Waals surface area contributed by atoms with Gasteiger partial charge in [0.15, 0.2) is 17.0 Å². The number of carbonyl (C=O) groups is 1. The van der Waals surface area contributed by atoms with Crippen molar-refractivity contribution in [1.29, 1.82) is 0 Å². The molecule has 0 radical (unpaired) electrons. The maximum atomic E-state index is 14.0. The van der Waals surface area contributed by atoms with Crippen LogP contribution in [0.15, 0.2) is 54.6 Å². The fourth-order valence-electron chi connectivity index (χ4n) is 4.49. The van der Waals surface area contributed by atoms with Crippen LogP contribution in [0, 0.1) is 13.8 Å². The van der Waals surface area contributed by atoms with Crippen LogP contribution < -0.4 is 0 Å². The number of hydrogen-bond donors (Lipinski definition) is 0. The average Bonchev–Trinajstić information content (AvgIpc) is 3.29. The molecule has 0 bridgehead atoms. The number of hydrogen-bond acceptors (Lipinski definition) is 4. The van der Waals surface area contributed by atoms with Crippen molar-refractivity contribution in [1.82, 2.24) is 24.4 Å². The Balaban J connectivity index is 1.38. The molecule has 6 nitrogen and oxygen atoms in total. The lowest BCUT2D eigenvalue weighted by molar-refractivity contribution is -0.142. The Morgan fingerprint density at radius 1 is 0.973 bits per heavy atom. The highest BCUT2D eigenvalue weighted by atomic mass is 35.5. The smallest absolute Gasteiger partial charge is 0.335 e. The minimum atomic E-state index is -4.67. The van der Waals surface area contributed by atoms with Crippen LogP contribution in [0.4, 0.5) is 13.2 Å². The molecule has 10 heteroatoms. The van der Waals surface area contributed by atoms with Crippen molar-refractivity contribution >= 4 is 23.2 Å². The summed E-state index contributed by atoms with van der Waals surface area (Å²) in [7, 11) is 0. The maximum Gasteiger partial charge on any atom is 0.433 e. The van der Waals surface area contributed by atoms with E-state index in [1.54, 1.807) is 17.0 Å². The zero-order valence-electron chi connectivity index (χ0n) is 20.4.